The molecule has 7 nitrogen and oxygen atoms in total. The Kier molecular flexibility index (Phi) is 11.4. The molecule has 0 aromatic heterocycles. The van der Waals surface area contributed by atoms with E-state index in [1.54, 1.807) is 0 Å². The number of aliphatic carboxylic acids is 1. The van der Waals surface area contributed by atoms with E-state index in [-0.39, 0.29) is 17.7 Å². The van der Waals surface area contributed by atoms with Crippen molar-refractivity contribution < 1.29 is 32.7 Å². The van der Waals surface area contributed by atoms with E-state index in [2.05, 4.69) is 40.3 Å². The predicted octanol–water partition coefficient (Wildman–Crippen LogP) is 4.15. The standard InChI is InChI=1S/C23H28BrN3O2.C2HF3O2/c1-18(19-5-3-2-4-6-19)17-27(23(29)20-7-9-21(24)10-8-20)14-11-22(28)26-15-12-25-13-16-26;3-2(4,5)1(6)7/h2-10,18,25H,11-17H2,1H3;(H,6,7). The third-order valence-corrected chi connectivity index (χ3v) is 6.08. The van der Waals surface area contributed by atoms with Gasteiger partial charge in [0.05, 0.1) is 0 Å². The van der Waals surface area contributed by atoms with Crippen LogP contribution in [0.1, 0.15) is 35.2 Å². The second-order valence-electron chi connectivity index (χ2n) is 8.25. The Hall–Kier alpha value is -2.92. The van der Waals surface area contributed by atoms with Crippen LogP contribution in [0.15, 0.2) is 59.1 Å². The molecule has 0 radical (unpaired) electrons. The van der Waals surface area contributed by atoms with Gasteiger partial charge in [0, 0.05) is 55.7 Å². The fourth-order valence-electron chi connectivity index (χ4n) is 3.57. The molecule has 196 valence electrons. The van der Waals surface area contributed by atoms with Crippen molar-refractivity contribution in [2.45, 2.75) is 25.4 Å². The zero-order valence-electron chi connectivity index (χ0n) is 19.8. The molecule has 1 aliphatic heterocycles. The number of carboxylic acids is 1. The summed E-state index contributed by atoms with van der Waals surface area (Å²) in [5, 5.41) is 10.4. The normalized spacial score (nSPS) is 14.3. The summed E-state index contributed by atoms with van der Waals surface area (Å²) in [6.07, 6.45) is -4.73. The summed E-state index contributed by atoms with van der Waals surface area (Å²) in [4.78, 5) is 38.4. The second kappa shape index (κ2) is 14.0. The molecule has 0 saturated carbocycles. The lowest BCUT2D eigenvalue weighted by atomic mass is 10.00. The van der Waals surface area contributed by atoms with Gasteiger partial charge in [0.1, 0.15) is 0 Å². The minimum Gasteiger partial charge on any atom is -0.475 e. The number of rotatable bonds is 7. The van der Waals surface area contributed by atoms with Gasteiger partial charge < -0.3 is 20.2 Å². The van der Waals surface area contributed by atoms with E-state index < -0.39 is 12.1 Å². The van der Waals surface area contributed by atoms with Crippen LogP contribution in [0, 0.1) is 0 Å². The number of nitrogens with zero attached hydrogens (tertiary/aromatic N) is 2. The monoisotopic (exact) mass is 571 g/mol. The van der Waals surface area contributed by atoms with Crippen LogP contribution in [0.25, 0.3) is 0 Å². The van der Waals surface area contributed by atoms with Crippen molar-refractivity contribution in [1.82, 2.24) is 15.1 Å². The van der Waals surface area contributed by atoms with Gasteiger partial charge in [0.25, 0.3) is 5.91 Å². The first-order valence-corrected chi connectivity index (χ1v) is 12.2. The lowest BCUT2D eigenvalue weighted by molar-refractivity contribution is -0.192. The Morgan fingerprint density at radius 1 is 1.06 bits per heavy atom. The van der Waals surface area contributed by atoms with Gasteiger partial charge in [-0.2, -0.15) is 13.2 Å². The molecule has 1 fully saturated rings. The molecule has 1 saturated heterocycles. The topological polar surface area (TPSA) is 90.0 Å². The number of halogens is 4. The highest BCUT2D eigenvalue weighted by Gasteiger charge is 2.38. The van der Waals surface area contributed by atoms with Gasteiger partial charge in [-0.1, -0.05) is 53.2 Å². The van der Waals surface area contributed by atoms with E-state index >= 15 is 0 Å². The highest BCUT2D eigenvalue weighted by Crippen LogP contribution is 2.19. The third kappa shape index (κ3) is 9.62. The van der Waals surface area contributed by atoms with E-state index in [0.717, 1.165) is 30.7 Å². The smallest absolute Gasteiger partial charge is 0.475 e. The number of amides is 2. The lowest BCUT2D eigenvalue weighted by Gasteiger charge is -2.30. The second-order valence-corrected chi connectivity index (χ2v) is 9.17. The van der Waals surface area contributed by atoms with Crippen LogP contribution in [-0.4, -0.2) is 78.1 Å². The van der Waals surface area contributed by atoms with Crippen molar-refractivity contribution in [2.24, 2.45) is 0 Å². The molecule has 2 aromatic rings. The summed E-state index contributed by atoms with van der Waals surface area (Å²) in [6.45, 7) is 6.26. The van der Waals surface area contributed by atoms with E-state index in [9.17, 15) is 22.8 Å². The van der Waals surface area contributed by atoms with Crippen molar-refractivity contribution in [2.75, 3.05) is 39.3 Å². The molecular formula is C25H29BrF3N3O4. The molecule has 3 rings (SSSR count). The van der Waals surface area contributed by atoms with Crippen LogP contribution in [0.5, 0.6) is 0 Å². The Morgan fingerprint density at radius 3 is 2.14 bits per heavy atom. The van der Waals surface area contributed by atoms with Gasteiger partial charge in [-0.25, -0.2) is 4.79 Å². The molecule has 0 aliphatic carbocycles. The maximum absolute atomic E-state index is 13.2. The molecule has 36 heavy (non-hydrogen) atoms. The van der Waals surface area contributed by atoms with Crippen molar-refractivity contribution in [3.8, 4) is 0 Å². The first-order chi connectivity index (χ1) is 17.0. The van der Waals surface area contributed by atoms with Crippen LogP contribution in [0.3, 0.4) is 0 Å². The molecule has 1 heterocycles. The first-order valence-electron chi connectivity index (χ1n) is 11.4. The van der Waals surface area contributed by atoms with E-state index in [0.29, 0.717) is 25.1 Å². The average Bonchev–Trinajstić information content (AvgIpc) is 2.87. The molecule has 2 aromatic carbocycles. The quantitative estimate of drug-likeness (QED) is 0.521. The number of nitrogens with one attached hydrogen (secondary N) is 1. The highest BCUT2D eigenvalue weighted by molar-refractivity contribution is 9.10. The zero-order chi connectivity index (χ0) is 26.7. The summed E-state index contributed by atoms with van der Waals surface area (Å²) in [6, 6.07) is 17.6. The molecular weight excluding hydrogens is 543 g/mol. The summed E-state index contributed by atoms with van der Waals surface area (Å²) in [5.41, 5.74) is 1.83. The molecule has 11 heteroatoms. The van der Waals surface area contributed by atoms with E-state index in [4.69, 9.17) is 9.90 Å². The first kappa shape index (κ1) is 29.3. The maximum atomic E-state index is 13.2. The largest absolute Gasteiger partial charge is 0.490 e. The van der Waals surface area contributed by atoms with Crippen molar-refractivity contribution >= 4 is 33.7 Å². The molecule has 1 unspecified atom stereocenters. The number of hydrogen-bond donors (Lipinski definition) is 2. The lowest BCUT2D eigenvalue weighted by Crippen LogP contribution is -2.47. The number of hydrogen-bond acceptors (Lipinski definition) is 4. The highest BCUT2D eigenvalue weighted by atomic mass is 79.9. The van der Waals surface area contributed by atoms with Crippen molar-refractivity contribution in [1.29, 1.82) is 0 Å². The van der Waals surface area contributed by atoms with Gasteiger partial charge in [0.15, 0.2) is 0 Å². The average molecular weight is 572 g/mol. The number of alkyl halides is 3. The van der Waals surface area contributed by atoms with Crippen LogP contribution in [0.2, 0.25) is 0 Å². The molecule has 0 spiro atoms. The summed E-state index contributed by atoms with van der Waals surface area (Å²) < 4.78 is 32.7. The van der Waals surface area contributed by atoms with E-state index in [1.807, 2.05) is 52.3 Å². The molecule has 0 bridgehead atoms. The minimum absolute atomic E-state index is 0.0339. The minimum atomic E-state index is -5.08. The van der Waals surface area contributed by atoms with Gasteiger partial charge >= 0.3 is 12.1 Å². The number of carbonyl (C=O) groups excluding carboxylic acids is 2. The third-order valence-electron chi connectivity index (χ3n) is 5.55. The summed E-state index contributed by atoms with van der Waals surface area (Å²) in [5.74, 6) is -2.49. The number of carbonyl (C=O) groups is 3. The molecule has 2 N–H and O–H groups in total. The Morgan fingerprint density at radius 2 is 1.61 bits per heavy atom. The van der Waals surface area contributed by atoms with Crippen LogP contribution < -0.4 is 5.32 Å². The van der Waals surface area contributed by atoms with Crippen molar-refractivity contribution in [3.63, 3.8) is 0 Å². The Labute approximate surface area is 216 Å². The van der Waals surface area contributed by atoms with Gasteiger partial charge in [0.2, 0.25) is 5.91 Å². The molecule has 1 atom stereocenters. The number of piperazine rings is 1. The molecule has 1 aliphatic rings. The van der Waals surface area contributed by atoms with Gasteiger partial charge in [-0.05, 0) is 35.7 Å². The van der Waals surface area contributed by atoms with Crippen LogP contribution in [0.4, 0.5) is 13.2 Å². The van der Waals surface area contributed by atoms with Crippen molar-refractivity contribution in [3.05, 3.63) is 70.2 Å². The van der Waals surface area contributed by atoms with Crippen LogP contribution in [-0.2, 0) is 9.59 Å². The fourth-order valence-corrected chi connectivity index (χ4v) is 3.84. The molecule has 2 amide bonds. The number of benzene rings is 2. The van der Waals surface area contributed by atoms with E-state index in [1.165, 1.54) is 5.56 Å². The summed E-state index contributed by atoms with van der Waals surface area (Å²) in [7, 11) is 0. The van der Waals surface area contributed by atoms with Gasteiger partial charge in [-0.3, -0.25) is 9.59 Å². The summed E-state index contributed by atoms with van der Waals surface area (Å²) >= 11 is 3.42. The SMILES string of the molecule is CC(CN(CCC(=O)N1CCNCC1)C(=O)c1ccc(Br)cc1)c1ccccc1.O=C(O)C(F)(F)F. The van der Waals surface area contributed by atoms with Gasteiger partial charge in [-0.15, -0.1) is 0 Å². The fraction of sp³-hybridized carbons (Fsp3) is 0.400. The Bertz CT molecular complexity index is 998. The van der Waals surface area contributed by atoms with Crippen LogP contribution >= 0.6 is 15.9 Å². The maximum Gasteiger partial charge on any atom is 0.490 e. The number of carboxylic acid groups (broad SMARTS) is 1. The predicted molar refractivity (Wildman–Crippen MR) is 133 cm³/mol. The zero-order valence-corrected chi connectivity index (χ0v) is 21.4. The Balaban J connectivity index is 0.000000572.